The van der Waals surface area contributed by atoms with Crippen molar-refractivity contribution in [2.75, 3.05) is 13.2 Å². The third-order valence-electron chi connectivity index (χ3n) is 4.13. The Kier molecular flexibility index (Phi) is 8.47. The van der Waals surface area contributed by atoms with Crippen LogP contribution < -0.4 is 4.74 Å². The van der Waals surface area contributed by atoms with Crippen molar-refractivity contribution in [2.24, 2.45) is 11.3 Å². The minimum Gasteiger partial charge on any atom is -0.465 e. The van der Waals surface area contributed by atoms with Crippen LogP contribution in [0.25, 0.3) is 0 Å². The Morgan fingerprint density at radius 2 is 1.59 bits per heavy atom. The van der Waals surface area contributed by atoms with Gasteiger partial charge in [0.05, 0.1) is 18.4 Å². The maximum absolute atomic E-state index is 12.4. The molecule has 27 heavy (non-hydrogen) atoms. The first-order chi connectivity index (χ1) is 12.6. The highest BCUT2D eigenvalue weighted by Crippen LogP contribution is 2.28. The molecular weight excluding hydrogens is 348 g/mol. The first kappa shape index (κ1) is 22.7. The van der Waals surface area contributed by atoms with E-state index < -0.39 is 29.9 Å². The average Bonchev–Trinajstić information content (AvgIpc) is 2.56. The Balaban J connectivity index is 2.58. The van der Waals surface area contributed by atoms with Gasteiger partial charge in [-0.15, -0.1) is 0 Å². The van der Waals surface area contributed by atoms with Gasteiger partial charge < -0.3 is 14.2 Å². The number of rotatable bonds is 9. The van der Waals surface area contributed by atoms with Crippen molar-refractivity contribution < 1.29 is 28.6 Å². The van der Waals surface area contributed by atoms with Gasteiger partial charge in [0, 0.05) is 0 Å². The topological polar surface area (TPSA) is 78.9 Å². The molecule has 150 valence electrons. The summed E-state index contributed by atoms with van der Waals surface area (Å²) in [5, 5.41) is 0. The molecule has 0 bridgehead atoms. The van der Waals surface area contributed by atoms with Gasteiger partial charge in [-0.05, 0) is 56.4 Å². The quantitative estimate of drug-likeness (QED) is 0.481. The highest BCUT2D eigenvalue weighted by atomic mass is 16.6. The lowest BCUT2D eigenvalue weighted by atomic mass is 9.84. The van der Waals surface area contributed by atoms with Crippen LogP contribution in [0.5, 0.6) is 5.75 Å². The van der Waals surface area contributed by atoms with Crippen molar-refractivity contribution in [3.05, 3.63) is 29.3 Å². The molecule has 0 fully saturated rings. The van der Waals surface area contributed by atoms with E-state index in [1.807, 2.05) is 33.8 Å². The molecular formula is C21H30O6. The molecule has 0 saturated heterocycles. The van der Waals surface area contributed by atoms with Gasteiger partial charge in [-0.2, -0.15) is 0 Å². The molecule has 0 radical (unpaired) electrons. The molecule has 0 spiro atoms. The number of carbonyl (C=O) groups is 3. The highest BCUT2D eigenvalue weighted by molar-refractivity contribution is 5.85. The summed E-state index contributed by atoms with van der Waals surface area (Å²) in [5.41, 5.74) is 0.885. The molecule has 1 aromatic rings. The third kappa shape index (κ3) is 7.81. The van der Waals surface area contributed by atoms with E-state index in [2.05, 4.69) is 0 Å². The number of hydrogen-bond donors (Lipinski definition) is 0. The van der Waals surface area contributed by atoms with E-state index in [-0.39, 0.29) is 12.3 Å². The molecule has 0 aliphatic heterocycles. The predicted molar refractivity (Wildman–Crippen MR) is 101 cm³/mol. The van der Waals surface area contributed by atoms with E-state index in [9.17, 15) is 14.4 Å². The van der Waals surface area contributed by atoms with E-state index in [1.165, 1.54) is 0 Å². The van der Waals surface area contributed by atoms with E-state index in [1.54, 1.807) is 26.0 Å². The Morgan fingerprint density at radius 1 is 1.00 bits per heavy atom. The van der Waals surface area contributed by atoms with Crippen LogP contribution in [0.3, 0.4) is 0 Å². The van der Waals surface area contributed by atoms with E-state index in [0.717, 1.165) is 11.1 Å². The predicted octanol–water partition coefficient (Wildman–Crippen LogP) is 3.76. The van der Waals surface area contributed by atoms with Crippen molar-refractivity contribution in [1.29, 1.82) is 0 Å². The molecule has 1 rings (SSSR count). The standard InChI is InChI=1S/C21H30O6/c1-7-21(6,11-18(22)25-12-14(2)3)20(24)26-13-19(23)27-17-9-15(4)8-16(5)10-17/h8-10,14H,7,11-13H2,1-6H3. The normalized spacial score (nSPS) is 13.0. The van der Waals surface area contributed by atoms with Crippen LogP contribution in [-0.4, -0.2) is 31.1 Å². The lowest BCUT2D eigenvalue weighted by molar-refractivity contribution is -0.166. The first-order valence-corrected chi connectivity index (χ1v) is 9.17. The van der Waals surface area contributed by atoms with Crippen molar-refractivity contribution in [1.82, 2.24) is 0 Å². The number of benzene rings is 1. The smallest absolute Gasteiger partial charge is 0.349 e. The summed E-state index contributed by atoms with van der Waals surface area (Å²) in [6.45, 7) is 10.9. The van der Waals surface area contributed by atoms with E-state index in [0.29, 0.717) is 18.8 Å². The van der Waals surface area contributed by atoms with Crippen LogP contribution in [0, 0.1) is 25.2 Å². The van der Waals surface area contributed by atoms with Gasteiger partial charge in [0.1, 0.15) is 5.75 Å². The Morgan fingerprint density at radius 3 is 2.11 bits per heavy atom. The Labute approximate surface area is 161 Å². The van der Waals surface area contributed by atoms with E-state index in [4.69, 9.17) is 14.2 Å². The summed E-state index contributed by atoms with van der Waals surface area (Å²) in [5.74, 6) is -1.13. The van der Waals surface area contributed by atoms with Crippen molar-refractivity contribution in [3.63, 3.8) is 0 Å². The number of ether oxygens (including phenoxy) is 3. The molecule has 6 heteroatoms. The zero-order valence-electron chi connectivity index (χ0n) is 17.1. The van der Waals surface area contributed by atoms with Gasteiger partial charge >= 0.3 is 17.9 Å². The second-order valence-corrected chi connectivity index (χ2v) is 7.54. The minimum atomic E-state index is -1.05. The third-order valence-corrected chi connectivity index (χ3v) is 4.13. The fraction of sp³-hybridized carbons (Fsp3) is 0.571. The summed E-state index contributed by atoms with van der Waals surface area (Å²) < 4.78 is 15.4. The summed E-state index contributed by atoms with van der Waals surface area (Å²) in [6, 6.07) is 5.42. The van der Waals surface area contributed by atoms with Gasteiger partial charge in [0.25, 0.3) is 0 Å². The number of carbonyl (C=O) groups excluding carboxylic acids is 3. The maximum atomic E-state index is 12.4. The second kappa shape index (κ2) is 10.1. The van der Waals surface area contributed by atoms with Crippen LogP contribution >= 0.6 is 0 Å². The molecule has 1 aromatic carbocycles. The lowest BCUT2D eigenvalue weighted by Gasteiger charge is -2.24. The highest BCUT2D eigenvalue weighted by Gasteiger charge is 2.36. The zero-order chi connectivity index (χ0) is 20.6. The van der Waals surface area contributed by atoms with Crippen LogP contribution in [0.4, 0.5) is 0 Å². The fourth-order valence-corrected chi connectivity index (χ4v) is 2.42. The largest absolute Gasteiger partial charge is 0.465 e. The summed E-state index contributed by atoms with van der Waals surface area (Å²) in [6.07, 6.45) is 0.288. The van der Waals surface area contributed by atoms with Gasteiger partial charge in [-0.3, -0.25) is 9.59 Å². The number of hydrogen-bond acceptors (Lipinski definition) is 6. The van der Waals surface area contributed by atoms with Crippen LogP contribution in [-0.2, 0) is 23.9 Å². The lowest BCUT2D eigenvalue weighted by Crippen LogP contribution is -2.34. The van der Waals surface area contributed by atoms with Gasteiger partial charge in [-0.25, -0.2) is 4.79 Å². The van der Waals surface area contributed by atoms with E-state index >= 15 is 0 Å². The Hall–Kier alpha value is -2.37. The molecule has 0 heterocycles. The van der Waals surface area contributed by atoms with Gasteiger partial charge in [0.15, 0.2) is 6.61 Å². The van der Waals surface area contributed by atoms with Crippen molar-refractivity contribution in [3.8, 4) is 5.75 Å². The molecule has 0 amide bonds. The van der Waals surface area contributed by atoms with Crippen LogP contribution in [0.2, 0.25) is 0 Å². The zero-order valence-corrected chi connectivity index (χ0v) is 17.1. The first-order valence-electron chi connectivity index (χ1n) is 9.17. The summed E-state index contributed by atoms with van der Waals surface area (Å²) >= 11 is 0. The van der Waals surface area contributed by atoms with Crippen LogP contribution in [0.1, 0.15) is 51.7 Å². The average molecular weight is 378 g/mol. The van der Waals surface area contributed by atoms with Crippen molar-refractivity contribution in [2.45, 2.75) is 54.4 Å². The molecule has 6 nitrogen and oxygen atoms in total. The van der Waals surface area contributed by atoms with Gasteiger partial charge in [-0.1, -0.05) is 26.8 Å². The van der Waals surface area contributed by atoms with Crippen LogP contribution in [0.15, 0.2) is 18.2 Å². The molecule has 1 unspecified atom stereocenters. The minimum absolute atomic E-state index is 0.0961. The molecule has 0 aromatic heterocycles. The molecule has 0 aliphatic rings. The number of aryl methyl sites for hydroxylation is 2. The summed E-state index contributed by atoms with van der Waals surface area (Å²) in [4.78, 5) is 36.3. The molecule has 1 atom stereocenters. The monoisotopic (exact) mass is 378 g/mol. The summed E-state index contributed by atoms with van der Waals surface area (Å²) in [7, 11) is 0. The second-order valence-electron chi connectivity index (χ2n) is 7.54. The maximum Gasteiger partial charge on any atom is 0.349 e. The SMILES string of the molecule is CCC(C)(CC(=O)OCC(C)C)C(=O)OCC(=O)Oc1cc(C)cc(C)c1. The molecule has 0 aliphatic carbocycles. The molecule has 0 N–H and O–H groups in total. The van der Waals surface area contributed by atoms with Gasteiger partial charge in [0.2, 0.25) is 0 Å². The number of esters is 3. The fourth-order valence-electron chi connectivity index (χ4n) is 2.42. The molecule has 0 saturated carbocycles. The Bertz CT molecular complexity index is 659. The van der Waals surface area contributed by atoms with Crippen molar-refractivity contribution >= 4 is 17.9 Å².